The van der Waals surface area contributed by atoms with Crippen molar-refractivity contribution in [2.45, 2.75) is 38.0 Å². The Morgan fingerprint density at radius 2 is 1.95 bits per heavy atom. The summed E-state index contributed by atoms with van der Waals surface area (Å²) >= 11 is 14.2. The summed E-state index contributed by atoms with van der Waals surface area (Å²) in [5, 5.41) is 12.2. The molecule has 1 saturated carbocycles. The summed E-state index contributed by atoms with van der Waals surface area (Å²) in [6.07, 6.45) is 6.29. The minimum Gasteiger partial charge on any atom is -0.546 e. The van der Waals surface area contributed by atoms with Crippen molar-refractivity contribution in [3.63, 3.8) is 0 Å². The Kier molecular flexibility index (Phi) is 4.81. The van der Waals surface area contributed by atoms with Crippen LogP contribution in [0.2, 0.25) is 10.0 Å². The zero-order valence-electron chi connectivity index (χ0n) is 11.9. The molecule has 3 rings (SSSR count). The van der Waals surface area contributed by atoms with E-state index in [9.17, 15) is 9.90 Å². The Hall–Kier alpha value is -0.970. The molecule has 118 valence electrons. The maximum atomic E-state index is 10.5. The lowest BCUT2D eigenvalue weighted by atomic mass is 9.88. The average Bonchev–Trinajstić information content (AvgIpc) is 2.94. The Morgan fingerprint density at radius 1 is 1.23 bits per heavy atom. The van der Waals surface area contributed by atoms with Crippen LogP contribution in [0.3, 0.4) is 0 Å². The summed E-state index contributed by atoms with van der Waals surface area (Å²) in [5.41, 5.74) is 0. The van der Waals surface area contributed by atoms with Crippen LogP contribution < -0.4 is 9.84 Å². The maximum Gasteiger partial charge on any atom is 0.140 e. The first-order valence-electron chi connectivity index (χ1n) is 7.30. The Morgan fingerprint density at radius 3 is 2.64 bits per heavy atom. The number of fused-ring (bicyclic) bond motifs is 1. The minimum absolute atomic E-state index is 0.257. The normalized spacial score (nSPS) is 16.1. The van der Waals surface area contributed by atoms with E-state index in [0.29, 0.717) is 10.9 Å². The predicted octanol–water partition coefficient (Wildman–Crippen LogP) is 4.38. The molecule has 1 aromatic carbocycles. The summed E-state index contributed by atoms with van der Waals surface area (Å²) < 4.78 is 6.11. The van der Waals surface area contributed by atoms with Gasteiger partial charge in [-0.05, 0) is 36.3 Å². The first kappa shape index (κ1) is 15.9. The molecule has 0 saturated heterocycles. The molecule has 0 N–H and O–H groups in total. The monoisotopic (exact) mass is 357 g/mol. The SMILES string of the molecule is O=C([O-])COc1cc2cc(C3CCCCC3)sc2c(Cl)c1Cl. The van der Waals surface area contributed by atoms with E-state index in [1.807, 2.05) is 0 Å². The van der Waals surface area contributed by atoms with Crippen LogP contribution in [0.15, 0.2) is 12.1 Å². The van der Waals surface area contributed by atoms with Crippen molar-refractivity contribution < 1.29 is 14.6 Å². The summed E-state index contributed by atoms with van der Waals surface area (Å²) in [6, 6.07) is 3.89. The first-order valence-corrected chi connectivity index (χ1v) is 8.87. The van der Waals surface area contributed by atoms with Crippen molar-refractivity contribution in [2.24, 2.45) is 0 Å². The highest BCUT2D eigenvalue weighted by atomic mass is 35.5. The molecular weight excluding hydrogens is 343 g/mol. The number of carboxylic acid groups (broad SMARTS) is 1. The second-order valence-electron chi connectivity index (χ2n) is 5.57. The molecule has 0 bridgehead atoms. The van der Waals surface area contributed by atoms with Gasteiger partial charge in [0.05, 0.1) is 15.7 Å². The first-order chi connectivity index (χ1) is 10.6. The van der Waals surface area contributed by atoms with Crippen LogP contribution >= 0.6 is 34.5 Å². The number of carboxylic acids is 1. The third kappa shape index (κ3) is 3.19. The van der Waals surface area contributed by atoms with Gasteiger partial charge in [-0.15, -0.1) is 11.3 Å². The minimum atomic E-state index is -1.29. The largest absolute Gasteiger partial charge is 0.546 e. The average molecular weight is 358 g/mol. The number of halogens is 2. The van der Waals surface area contributed by atoms with Crippen LogP contribution in [0.1, 0.15) is 42.9 Å². The Labute approximate surface area is 142 Å². The zero-order valence-corrected chi connectivity index (χ0v) is 14.2. The van der Waals surface area contributed by atoms with E-state index in [0.717, 1.165) is 10.1 Å². The van der Waals surface area contributed by atoms with E-state index < -0.39 is 12.6 Å². The number of hydrogen-bond acceptors (Lipinski definition) is 4. The molecule has 0 amide bonds. The van der Waals surface area contributed by atoms with Crippen LogP contribution in [0.4, 0.5) is 0 Å². The van der Waals surface area contributed by atoms with E-state index in [1.54, 1.807) is 17.4 Å². The second kappa shape index (κ2) is 6.65. The number of ether oxygens (including phenoxy) is 1. The molecule has 1 aromatic heterocycles. The maximum absolute atomic E-state index is 10.5. The fraction of sp³-hybridized carbons (Fsp3) is 0.438. The van der Waals surface area contributed by atoms with Gasteiger partial charge in [-0.3, -0.25) is 0 Å². The van der Waals surface area contributed by atoms with Crippen molar-refractivity contribution >= 4 is 50.6 Å². The Bertz CT molecular complexity index is 705. The highest BCUT2D eigenvalue weighted by molar-refractivity contribution is 7.19. The number of thiophene rings is 1. The molecule has 0 spiro atoms. The highest BCUT2D eigenvalue weighted by Crippen LogP contribution is 2.45. The lowest BCUT2D eigenvalue weighted by molar-refractivity contribution is -0.307. The molecule has 1 aliphatic rings. The molecule has 0 unspecified atom stereocenters. The number of carbonyl (C=O) groups is 1. The van der Waals surface area contributed by atoms with Gasteiger partial charge in [-0.25, -0.2) is 0 Å². The van der Waals surface area contributed by atoms with Gasteiger partial charge < -0.3 is 14.6 Å². The molecule has 3 nitrogen and oxygen atoms in total. The molecule has 22 heavy (non-hydrogen) atoms. The smallest absolute Gasteiger partial charge is 0.140 e. The molecule has 0 radical (unpaired) electrons. The lowest BCUT2D eigenvalue weighted by Crippen LogP contribution is -2.29. The number of carbonyl (C=O) groups excluding carboxylic acids is 1. The fourth-order valence-electron chi connectivity index (χ4n) is 2.95. The van der Waals surface area contributed by atoms with Gasteiger partial charge in [-0.1, -0.05) is 42.5 Å². The third-order valence-corrected chi connectivity index (χ3v) is 6.32. The molecule has 0 aliphatic heterocycles. The number of aliphatic carboxylic acids is 1. The van der Waals surface area contributed by atoms with E-state index >= 15 is 0 Å². The van der Waals surface area contributed by atoms with Gasteiger partial charge in [0.25, 0.3) is 0 Å². The molecule has 0 atom stereocenters. The molecule has 1 heterocycles. The van der Waals surface area contributed by atoms with Crippen molar-refractivity contribution in [3.8, 4) is 5.75 Å². The summed E-state index contributed by atoms with van der Waals surface area (Å²) in [5.74, 6) is -0.412. The molecule has 1 aliphatic carbocycles. The van der Waals surface area contributed by atoms with Crippen LogP contribution in [0.5, 0.6) is 5.75 Å². The fourth-order valence-corrected chi connectivity index (χ4v) is 4.78. The molecule has 2 aromatic rings. The highest BCUT2D eigenvalue weighted by Gasteiger charge is 2.20. The van der Waals surface area contributed by atoms with Crippen molar-refractivity contribution in [1.82, 2.24) is 0 Å². The predicted molar refractivity (Wildman–Crippen MR) is 88.2 cm³/mol. The zero-order chi connectivity index (χ0) is 15.7. The van der Waals surface area contributed by atoms with Gasteiger partial charge in [0, 0.05) is 4.88 Å². The number of benzene rings is 1. The summed E-state index contributed by atoms with van der Waals surface area (Å²) in [6.45, 7) is -0.541. The lowest BCUT2D eigenvalue weighted by Gasteiger charge is -2.19. The third-order valence-electron chi connectivity index (χ3n) is 4.03. The molecule has 6 heteroatoms. The van der Waals surface area contributed by atoms with E-state index in [-0.39, 0.29) is 10.8 Å². The van der Waals surface area contributed by atoms with Gasteiger partial charge in [0.1, 0.15) is 17.4 Å². The standard InChI is InChI=1S/C16H16Cl2O3S/c17-14-11(21-8-13(19)20)6-10-7-12(22-16(10)15(14)18)9-4-2-1-3-5-9/h6-7,9H,1-5,8H2,(H,19,20)/p-1. The van der Waals surface area contributed by atoms with Crippen LogP contribution in [0, 0.1) is 0 Å². The van der Waals surface area contributed by atoms with E-state index in [1.165, 1.54) is 37.0 Å². The quantitative estimate of drug-likeness (QED) is 0.815. The van der Waals surface area contributed by atoms with Gasteiger partial charge in [0.2, 0.25) is 0 Å². The number of hydrogen-bond donors (Lipinski definition) is 0. The van der Waals surface area contributed by atoms with Gasteiger partial charge >= 0.3 is 0 Å². The van der Waals surface area contributed by atoms with Crippen LogP contribution in [-0.2, 0) is 4.79 Å². The van der Waals surface area contributed by atoms with Crippen molar-refractivity contribution in [2.75, 3.05) is 6.61 Å². The van der Waals surface area contributed by atoms with E-state index in [4.69, 9.17) is 27.9 Å². The van der Waals surface area contributed by atoms with Crippen molar-refractivity contribution in [3.05, 3.63) is 27.1 Å². The second-order valence-corrected chi connectivity index (χ2v) is 7.41. The Balaban J connectivity index is 1.96. The summed E-state index contributed by atoms with van der Waals surface area (Å²) in [4.78, 5) is 11.9. The van der Waals surface area contributed by atoms with Crippen LogP contribution in [-0.4, -0.2) is 12.6 Å². The topological polar surface area (TPSA) is 49.4 Å². The van der Waals surface area contributed by atoms with Crippen LogP contribution in [0.25, 0.3) is 10.1 Å². The van der Waals surface area contributed by atoms with E-state index in [2.05, 4.69) is 6.07 Å². The van der Waals surface area contributed by atoms with Gasteiger partial charge in [0.15, 0.2) is 0 Å². The molecule has 1 fully saturated rings. The van der Waals surface area contributed by atoms with Crippen molar-refractivity contribution in [1.29, 1.82) is 0 Å². The number of rotatable bonds is 4. The summed E-state index contributed by atoms with van der Waals surface area (Å²) in [7, 11) is 0. The molecular formula is C16H15Cl2O3S-. The van der Waals surface area contributed by atoms with Gasteiger partial charge in [-0.2, -0.15) is 0 Å².